The van der Waals surface area contributed by atoms with Gasteiger partial charge in [-0.2, -0.15) is 0 Å². The van der Waals surface area contributed by atoms with Crippen LogP contribution in [-0.2, 0) is 16.8 Å². The Morgan fingerprint density at radius 1 is 0.862 bits per heavy atom. The Balaban J connectivity index is 1.39. The van der Waals surface area contributed by atoms with Crippen molar-refractivity contribution in [3.8, 4) is 23.0 Å². The van der Waals surface area contributed by atoms with E-state index in [-0.39, 0.29) is 5.41 Å². The zero-order valence-corrected chi connectivity index (χ0v) is 16.9. The molecule has 1 heterocycles. The molecule has 4 heteroatoms. The lowest BCUT2D eigenvalue weighted by Crippen LogP contribution is -2.27. The topological polar surface area (TPSA) is 36.9 Å². The fourth-order valence-electron chi connectivity index (χ4n) is 3.38. The summed E-state index contributed by atoms with van der Waals surface area (Å²) < 4.78 is 23.0. The van der Waals surface area contributed by atoms with E-state index in [2.05, 4.69) is 32.0 Å². The normalized spacial score (nSPS) is 14.4. The van der Waals surface area contributed by atoms with E-state index in [4.69, 9.17) is 18.9 Å². The quantitative estimate of drug-likeness (QED) is 0.466. The molecule has 1 unspecified atom stereocenters. The van der Waals surface area contributed by atoms with Crippen LogP contribution < -0.4 is 14.2 Å². The molecule has 0 amide bonds. The van der Waals surface area contributed by atoms with Gasteiger partial charge < -0.3 is 18.9 Å². The third-order valence-corrected chi connectivity index (χ3v) is 5.42. The lowest BCUT2D eigenvalue weighted by atomic mass is 9.81. The molecule has 0 aromatic heterocycles. The number of hydrogen-bond donors (Lipinski definition) is 0. The van der Waals surface area contributed by atoms with Crippen LogP contribution in [0, 0.1) is 0 Å². The van der Waals surface area contributed by atoms with E-state index in [1.807, 2.05) is 54.6 Å². The van der Waals surface area contributed by atoms with Crippen molar-refractivity contribution in [2.75, 3.05) is 13.4 Å². The van der Waals surface area contributed by atoms with Crippen molar-refractivity contribution in [1.29, 1.82) is 0 Å². The highest BCUT2D eigenvalue weighted by molar-refractivity contribution is 5.46. The molecule has 1 aliphatic rings. The Morgan fingerprint density at radius 2 is 1.66 bits per heavy atom. The summed E-state index contributed by atoms with van der Waals surface area (Å²) in [5.74, 6) is 3.26. The Morgan fingerprint density at radius 3 is 2.48 bits per heavy atom. The fourth-order valence-corrected chi connectivity index (χ4v) is 3.38. The molecule has 0 spiro atoms. The van der Waals surface area contributed by atoms with Crippen molar-refractivity contribution in [1.82, 2.24) is 0 Å². The lowest BCUT2D eigenvalue weighted by molar-refractivity contribution is 0.0746. The largest absolute Gasteiger partial charge is 0.457 e. The highest BCUT2D eigenvalue weighted by Gasteiger charge is 2.27. The summed E-state index contributed by atoms with van der Waals surface area (Å²) in [5, 5.41) is 0. The van der Waals surface area contributed by atoms with Gasteiger partial charge in [0.1, 0.15) is 11.5 Å². The molecule has 1 aliphatic heterocycles. The van der Waals surface area contributed by atoms with E-state index in [0.717, 1.165) is 35.0 Å². The maximum absolute atomic E-state index is 6.13. The number of hydrogen-bond acceptors (Lipinski definition) is 4. The van der Waals surface area contributed by atoms with Gasteiger partial charge in [-0.05, 0) is 53.9 Å². The summed E-state index contributed by atoms with van der Waals surface area (Å²) in [6, 6.07) is 24.0. The van der Waals surface area contributed by atoms with Crippen molar-refractivity contribution in [2.24, 2.45) is 0 Å². The highest BCUT2D eigenvalue weighted by atomic mass is 16.7. The molecule has 1 atom stereocenters. The monoisotopic (exact) mass is 390 g/mol. The number of fused-ring (bicyclic) bond motifs is 1. The number of ether oxygens (including phenoxy) is 4. The van der Waals surface area contributed by atoms with Gasteiger partial charge in [0.15, 0.2) is 11.5 Å². The van der Waals surface area contributed by atoms with Crippen LogP contribution in [-0.4, -0.2) is 13.4 Å². The fraction of sp³-hybridized carbons (Fsp3) is 0.280. The molecule has 0 saturated heterocycles. The summed E-state index contributed by atoms with van der Waals surface area (Å²) in [5.41, 5.74) is 2.19. The van der Waals surface area contributed by atoms with E-state index < -0.39 is 0 Å². The maximum atomic E-state index is 6.13. The van der Waals surface area contributed by atoms with E-state index in [9.17, 15) is 0 Å². The first-order valence-corrected chi connectivity index (χ1v) is 9.96. The molecule has 150 valence electrons. The Bertz CT molecular complexity index is 954. The van der Waals surface area contributed by atoms with Crippen LogP contribution in [0.5, 0.6) is 23.0 Å². The van der Waals surface area contributed by atoms with Crippen molar-refractivity contribution < 1.29 is 18.9 Å². The molecule has 4 rings (SSSR count). The van der Waals surface area contributed by atoms with Crippen LogP contribution in [0.2, 0.25) is 0 Å². The summed E-state index contributed by atoms with van der Waals surface area (Å²) in [6.45, 7) is 5.85. The van der Waals surface area contributed by atoms with Crippen LogP contribution in [0.1, 0.15) is 31.4 Å². The van der Waals surface area contributed by atoms with Gasteiger partial charge in [0.2, 0.25) is 6.79 Å². The highest BCUT2D eigenvalue weighted by Crippen LogP contribution is 2.38. The van der Waals surface area contributed by atoms with Crippen molar-refractivity contribution in [2.45, 2.75) is 32.3 Å². The average molecular weight is 390 g/mol. The predicted octanol–water partition coefficient (Wildman–Crippen LogP) is 6.09. The number of benzene rings is 3. The van der Waals surface area contributed by atoms with Gasteiger partial charge in [-0.25, -0.2) is 0 Å². The summed E-state index contributed by atoms with van der Waals surface area (Å²) >= 11 is 0. The molecule has 0 bridgehead atoms. The molecule has 3 aromatic carbocycles. The number of rotatable bonds is 8. The predicted molar refractivity (Wildman–Crippen MR) is 113 cm³/mol. The molecular weight excluding hydrogens is 364 g/mol. The van der Waals surface area contributed by atoms with Gasteiger partial charge in [0.25, 0.3) is 0 Å². The van der Waals surface area contributed by atoms with Crippen LogP contribution in [0.15, 0.2) is 72.8 Å². The van der Waals surface area contributed by atoms with Crippen LogP contribution in [0.3, 0.4) is 0 Å². The molecule has 4 nitrogen and oxygen atoms in total. The van der Waals surface area contributed by atoms with Gasteiger partial charge in [0, 0.05) is 5.41 Å². The molecule has 3 aromatic rings. The standard InChI is InChI=1S/C25H26O4/c1-3-25(2,20-12-13-23-24(15-20)28-18-27-23)17-26-16-19-8-7-11-22(14-19)29-21-9-5-4-6-10-21/h4-15H,3,16-18H2,1-2H3. The molecule has 0 N–H and O–H groups in total. The first kappa shape index (κ1) is 19.3. The Kier molecular flexibility index (Phi) is 5.72. The summed E-state index contributed by atoms with van der Waals surface area (Å²) in [7, 11) is 0. The van der Waals surface area contributed by atoms with E-state index in [0.29, 0.717) is 20.0 Å². The van der Waals surface area contributed by atoms with Gasteiger partial charge >= 0.3 is 0 Å². The van der Waals surface area contributed by atoms with E-state index >= 15 is 0 Å². The first-order chi connectivity index (χ1) is 14.2. The zero-order chi connectivity index (χ0) is 20.1. The second kappa shape index (κ2) is 8.58. The van der Waals surface area contributed by atoms with Crippen molar-refractivity contribution in [3.63, 3.8) is 0 Å². The number of para-hydroxylation sites is 1. The van der Waals surface area contributed by atoms with Gasteiger partial charge in [-0.15, -0.1) is 0 Å². The smallest absolute Gasteiger partial charge is 0.231 e. The second-order valence-electron chi connectivity index (χ2n) is 7.54. The molecule has 0 aliphatic carbocycles. The first-order valence-electron chi connectivity index (χ1n) is 9.96. The summed E-state index contributed by atoms with van der Waals surface area (Å²) in [6.07, 6.45) is 0.962. The molecule has 0 radical (unpaired) electrons. The van der Waals surface area contributed by atoms with Crippen molar-refractivity contribution >= 4 is 0 Å². The van der Waals surface area contributed by atoms with Crippen LogP contribution in [0.25, 0.3) is 0 Å². The van der Waals surface area contributed by atoms with Crippen LogP contribution >= 0.6 is 0 Å². The molecule has 0 saturated carbocycles. The zero-order valence-electron chi connectivity index (χ0n) is 16.9. The molecule has 29 heavy (non-hydrogen) atoms. The van der Waals surface area contributed by atoms with Gasteiger partial charge in [-0.3, -0.25) is 0 Å². The van der Waals surface area contributed by atoms with E-state index in [1.165, 1.54) is 5.56 Å². The summed E-state index contributed by atoms with van der Waals surface area (Å²) in [4.78, 5) is 0. The third-order valence-electron chi connectivity index (χ3n) is 5.42. The Hall–Kier alpha value is -2.98. The van der Waals surface area contributed by atoms with Crippen LogP contribution in [0.4, 0.5) is 0 Å². The Labute approximate surface area is 172 Å². The average Bonchev–Trinajstić information content (AvgIpc) is 3.22. The SMILES string of the molecule is CCC(C)(COCc1cccc(Oc2ccccc2)c1)c1ccc2c(c1)OCO2. The van der Waals surface area contributed by atoms with Gasteiger partial charge in [0.05, 0.1) is 13.2 Å². The second-order valence-corrected chi connectivity index (χ2v) is 7.54. The minimum Gasteiger partial charge on any atom is -0.457 e. The third kappa shape index (κ3) is 4.54. The minimum atomic E-state index is -0.0981. The maximum Gasteiger partial charge on any atom is 0.231 e. The van der Waals surface area contributed by atoms with E-state index in [1.54, 1.807) is 0 Å². The lowest BCUT2D eigenvalue weighted by Gasteiger charge is -2.29. The van der Waals surface area contributed by atoms with Crippen molar-refractivity contribution in [3.05, 3.63) is 83.9 Å². The minimum absolute atomic E-state index is 0.0981. The van der Waals surface area contributed by atoms with Gasteiger partial charge in [-0.1, -0.05) is 50.2 Å². The molecular formula is C25H26O4. The molecule has 0 fully saturated rings.